The van der Waals surface area contributed by atoms with Crippen LogP contribution in [0.1, 0.15) is 11.1 Å². The minimum Gasteiger partial charge on any atom is -0.398 e. The van der Waals surface area contributed by atoms with E-state index in [1.54, 1.807) is 0 Å². The molecule has 1 aliphatic heterocycles. The van der Waals surface area contributed by atoms with E-state index in [0.717, 1.165) is 25.2 Å². The highest BCUT2D eigenvalue weighted by molar-refractivity contribution is 5.52. The third-order valence-electron chi connectivity index (χ3n) is 2.79. The molecule has 76 valence electrons. The maximum absolute atomic E-state index is 5.95. The SMILES string of the molecule is CNCC1Cc2c(N)cccc2CN1. The standard InChI is InChI=1S/C11H17N3/c1-13-7-9-5-10-8(6-14-9)3-2-4-11(10)12/h2-4,9,13-14H,5-7,12H2,1H3. The summed E-state index contributed by atoms with van der Waals surface area (Å²) in [4.78, 5) is 0. The van der Waals surface area contributed by atoms with Crippen molar-refractivity contribution in [1.29, 1.82) is 0 Å². The Kier molecular flexibility index (Phi) is 2.70. The lowest BCUT2D eigenvalue weighted by atomic mass is 9.94. The average Bonchev–Trinajstić information content (AvgIpc) is 2.20. The fraction of sp³-hybridized carbons (Fsp3) is 0.455. The summed E-state index contributed by atoms with van der Waals surface area (Å²) in [6.07, 6.45) is 1.03. The zero-order valence-corrected chi connectivity index (χ0v) is 8.51. The van der Waals surface area contributed by atoms with Gasteiger partial charge >= 0.3 is 0 Å². The topological polar surface area (TPSA) is 50.1 Å². The van der Waals surface area contributed by atoms with Gasteiger partial charge in [-0.3, -0.25) is 0 Å². The first-order valence-corrected chi connectivity index (χ1v) is 5.05. The molecule has 3 nitrogen and oxygen atoms in total. The zero-order valence-electron chi connectivity index (χ0n) is 8.51. The van der Waals surface area contributed by atoms with Gasteiger partial charge in [-0.25, -0.2) is 0 Å². The van der Waals surface area contributed by atoms with Crippen LogP contribution < -0.4 is 16.4 Å². The fourth-order valence-corrected chi connectivity index (χ4v) is 2.03. The van der Waals surface area contributed by atoms with E-state index in [9.17, 15) is 0 Å². The third-order valence-corrected chi connectivity index (χ3v) is 2.79. The van der Waals surface area contributed by atoms with E-state index in [1.807, 2.05) is 19.2 Å². The summed E-state index contributed by atoms with van der Waals surface area (Å²) in [5, 5.41) is 6.67. The fourth-order valence-electron chi connectivity index (χ4n) is 2.03. The highest BCUT2D eigenvalue weighted by Crippen LogP contribution is 2.22. The van der Waals surface area contributed by atoms with Crippen molar-refractivity contribution >= 4 is 5.69 Å². The predicted molar refractivity (Wildman–Crippen MR) is 59.1 cm³/mol. The maximum atomic E-state index is 5.95. The molecule has 1 atom stereocenters. The quantitative estimate of drug-likeness (QED) is 0.597. The van der Waals surface area contributed by atoms with E-state index in [2.05, 4.69) is 16.7 Å². The Labute approximate surface area is 84.7 Å². The predicted octanol–water partition coefficient (Wildman–Crippen LogP) is 0.502. The molecular weight excluding hydrogens is 174 g/mol. The number of nitrogens with two attached hydrogens (primary N) is 1. The van der Waals surface area contributed by atoms with Gasteiger partial charge in [0, 0.05) is 24.8 Å². The molecule has 1 heterocycles. The Balaban J connectivity index is 2.20. The molecule has 4 N–H and O–H groups in total. The van der Waals surface area contributed by atoms with Crippen molar-refractivity contribution in [2.24, 2.45) is 0 Å². The Morgan fingerprint density at radius 2 is 2.43 bits per heavy atom. The van der Waals surface area contributed by atoms with Crippen LogP contribution in [0.25, 0.3) is 0 Å². The van der Waals surface area contributed by atoms with Gasteiger partial charge in [0.05, 0.1) is 0 Å². The van der Waals surface area contributed by atoms with Crippen LogP contribution in [-0.2, 0) is 13.0 Å². The molecule has 0 bridgehead atoms. The highest BCUT2D eigenvalue weighted by Gasteiger charge is 2.18. The number of hydrogen-bond acceptors (Lipinski definition) is 3. The van der Waals surface area contributed by atoms with E-state index < -0.39 is 0 Å². The smallest absolute Gasteiger partial charge is 0.0350 e. The second-order valence-corrected chi connectivity index (χ2v) is 3.82. The van der Waals surface area contributed by atoms with Crippen LogP contribution in [-0.4, -0.2) is 19.6 Å². The Morgan fingerprint density at radius 3 is 3.21 bits per heavy atom. The number of nitrogens with one attached hydrogen (secondary N) is 2. The summed E-state index contributed by atoms with van der Waals surface area (Å²) >= 11 is 0. The van der Waals surface area contributed by atoms with Gasteiger partial charge in [-0.2, -0.15) is 0 Å². The van der Waals surface area contributed by atoms with Gasteiger partial charge in [0.1, 0.15) is 0 Å². The molecule has 1 unspecified atom stereocenters. The number of fused-ring (bicyclic) bond motifs is 1. The minimum absolute atomic E-state index is 0.511. The summed E-state index contributed by atoms with van der Waals surface area (Å²) in [6.45, 7) is 1.93. The highest BCUT2D eigenvalue weighted by atomic mass is 15.0. The van der Waals surface area contributed by atoms with Crippen molar-refractivity contribution < 1.29 is 0 Å². The lowest BCUT2D eigenvalue weighted by Gasteiger charge is -2.26. The Bertz CT molecular complexity index is 322. The second-order valence-electron chi connectivity index (χ2n) is 3.82. The molecule has 0 saturated carbocycles. The maximum Gasteiger partial charge on any atom is 0.0350 e. The van der Waals surface area contributed by atoms with Crippen LogP contribution >= 0.6 is 0 Å². The summed E-state index contributed by atoms with van der Waals surface area (Å²) in [7, 11) is 1.98. The molecule has 1 aromatic carbocycles. The molecule has 0 fully saturated rings. The molecule has 0 aromatic heterocycles. The summed E-state index contributed by atoms with van der Waals surface area (Å²) in [5.74, 6) is 0. The second kappa shape index (κ2) is 3.98. The van der Waals surface area contributed by atoms with Gasteiger partial charge in [0.15, 0.2) is 0 Å². The first-order chi connectivity index (χ1) is 6.81. The Morgan fingerprint density at radius 1 is 1.57 bits per heavy atom. The molecule has 0 spiro atoms. The van der Waals surface area contributed by atoms with Gasteiger partial charge in [0.2, 0.25) is 0 Å². The third kappa shape index (κ3) is 1.74. The number of hydrogen-bond donors (Lipinski definition) is 3. The van der Waals surface area contributed by atoms with Crippen LogP contribution in [0.15, 0.2) is 18.2 Å². The molecule has 3 heteroatoms. The number of benzene rings is 1. The molecular formula is C11H17N3. The van der Waals surface area contributed by atoms with Gasteiger partial charge in [-0.15, -0.1) is 0 Å². The lowest BCUT2D eigenvalue weighted by Crippen LogP contribution is -2.42. The molecule has 0 saturated heterocycles. The molecule has 14 heavy (non-hydrogen) atoms. The van der Waals surface area contributed by atoms with Crippen molar-refractivity contribution in [2.45, 2.75) is 19.0 Å². The number of nitrogen functional groups attached to an aromatic ring is 1. The molecule has 1 aromatic rings. The monoisotopic (exact) mass is 191 g/mol. The van der Waals surface area contributed by atoms with Crippen molar-refractivity contribution in [2.75, 3.05) is 19.3 Å². The van der Waals surface area contributed by atoms with Crippen LogP contribution in [0.5, 0.6) is 0 Å². The van der Waals surface area contributed by atoms with E-state index in [-0.39, 0.29) is 0 Å². The molecule has 1 aliphatic rings. The van der Waals surface area contributed by atoms with E-state index in [0.29, 0.717) is 6.04 Å². The molecule has 0 amide bonds. The normalized spacial score (nSPS) is 20.5. The summed E-state index contributed by atoms with van der Waals surface area (Å²) < 4.78 is 0. The van der Waals surface area contributed by atoms with Crippen LogP contribution in [0.4, 0.5) is 5.69 Å². The lowest BCUT2D eigenvalue weighted by molar-refractivity contribution is 0.463. The Hall–Kier alpha value is -1.06. The van der Waals surface area contributed by atoms with Crippen molar-refractivity contribution in [3.8, 4) is 0 Å². The average molecular weight is 191 g/mol. The van der Waals surface area contributed by atoms with Gasteiger partial charge < -0.3 is 16.4 Å². The first-order valence-electron chi connectivity index (χ1n) is 5.05. The van der Waals surface area contributed by atoms with E-state index in [1.165, 1.54) is 11.1 Å². The van der Waals surface area contributed by atoms with Gasteiger partial charge in [-0.1, -0.05) is 12.1 Å². The molecule has 0 aliphatic carbocycles. The summed E-state index contributed by atoms with van der Waals surface area (Å²) in [6, 6.07) is 6.67. The summed E-state index contributed by atoms with van der Waals surface area (Å²) in [5.41, 5.74) is 9.56. The van der Waals surface area contributed by atoms with Gasteiger partial charge in [0.25, 0.3) is 0 Å². The van der Waals surface area contributed by atoms with Crippen LogP contribution in [0, 0.1) is 0 Å². The zero-order chi connectivity index (χ0) is 9.97. The first kappa shape index (κ1) is 9.49. The molecule has 2 rings (SSSR count). The van der Waals surface area contributed by atoms with Crippen molar-refractivity contribution in [1.82, 2.24) is 10.6 Å². The van der Waals surface area contributed by atoms with E-state index in [4.69, 9.17) is 5.73 Å². The van der Waals surface area contributed by atoms with Crippen LogP contribution in [0.2, 0.25) is 0 Å². The number of rotatable bonds is 2. The minimum atomic E-state index is 0.511. The van der Waals surface area contributed by atoms with Crippen molar-refractivity contribution in [3.05, 3.63) is 29.3 Å². The van der Waals surface area contributed by atoms with Crippen LogP contribution in [0.3, 0.4) is 0 Å². The largest absolute Gasteiger partial charge is 0.398 e. The van der Waals surface area contributed by atoms with Gasteiger partial charge in [-0.05, 0) is 30.7 Å². The van der Waals surface area contributed by atoms with Crippen molar-refractivity contribution in [3.63, 3.8) is 0 Å². The number of anilines is 1. The van der Waals surface area contributed by atoms with E-state index >= 15 is 0 Å². The number of likely N-dealkylation sites (N-methyl/N-ethyl adjacent to an activating group) is 1. The molecule has 0 radical (unpaired) electrons.